The molecule has 0 aliphatic carbocycles. The Morgan fingerprint density at radius 1 is 1.14 bits per heavy atom. The van der Waals surface area contributed by atoms with Crippen LogP contribution in [0.3, 0.4) is 0 Å². The minimum absolute atomic E-state index is 0.587. The molecular weight excluding hydrogens is 276 g/mol. The first-order valence-corrected chi connectivity index (χ1v) is 8.98. The molecule has 114 valence electrons. The topological polar surface area (TPSA) is 6.48 Å². The Morgan fingerprint density at radius 2 is 1.90 bits per heavy atom. The third-order valence-electron chi connectivity index (χ3n) is 4.55. The quantitative estimate of drug-likeness (QED) is 0.808. The molecule has 1 aliphatic rings. The molecule has 0 saturated carbocycles. The number of rotatable bonds is 5. The molecule has 3 rings (SSSR count). The zero-order chi connectivity index (χ0) is 14.7. The van der Waals surface area contributed by atoms with Crippen LogP contribution in [0.25, 0.3) is 10.1 Å². The maximum atomic E-state index is 2.72. The minimum Gasteiger partial charge on any atom is -0.309 e. The number of likely N-dealkylation sites (tertiary alicyclic amines) is 1. The highest BCUT2D eigenvalue weighted by Gasteiger charge is 2.24. The van der Waals surface area contributed by atoms with E-state index < -0.39 is 0 Å². The Morgan fingerprint density at radius 3 is 2.67 bits per heavy atom. The molecule has 2 nitrogen and oxygen atoms in total. The van der Waals surface area contributed by atoms with Crippen LogP contribution in [-0.4, -0.2) is 43.5 Å². The second-order valence-electron chi connectivity index (χ2n) is 6.39. The van der Waals surface area contributed by atoms with Gasteiger partial charge in [0.25, 0.3) is 0 Å². The van der Waals surface area contributed by atoms with Crippen LogP contribution < -0.4 is 0 Å². The molecule has 3 heteroatoms. The number of fused-ring (bicyclic) bond motifs is 1. The number of hydrogen-bond acceptors (Lipinski definition) is 3. The van der Waals surface area contributed by atoms with Crippen LogP contribution in [0.15, 0.2) is 29.6 Å². The van der Waals surface area contributed by atoms with Crippen molar-refractivity contribution in [3.8, 4) is 0 Å². The standard InChI is InChI=1S/C18H26N2S/c1-19(2)13-10-17(20-11-6-3-7-12-20)16-14-21-18-9-5-4-8-15(16)18/h4-5,8-9,14,17H,3,6-7,10-13H2,1-2H3. The van der Waals surface area contributed by atoms with Crippen LogP contribution in [-0.2, 0) is 0 Å². The Labute approximate surface area is 132 Å². The maximum absolute atomic E-state index is 2.72. The Bertz CT molecular complexity index is 569. The van der Waals surface area contributed by atoms with E-state index in [4.69, 9.17) is 0 Å². The highest BCUT2D eigenvalue weighted by atomic mass is 32.1. The highest BCUT2D eigenvalue weighted by molar-refractivity contribution is 7.17. The minimum atomic E-state index is 0.587. The first-order valence-electron chi connectivity index (χ1n) is 8.10. The van der Waals surface area contributed by atoms with Crippen LogP contribution in [0.5, 0.6) is 0 Å². The second kappa shape index (κ2) is 6.91. The fourth-order valence-corrected chi connectivity index (χ4v) is 4.41. The van der Waals surface area contributed by atoms with Crippen LogP contribution in [0, 0.1) is 0 Å². The normalized spacial score (nSPS) is 18.4. The lowest BCUT2D eigenvalue weighted by atomic mass is 9.98. The Kier molecular flexibility index (Phi) is 4.94. The molecule has 21 heavy (non-hydrogen) atoms. The summed E-state index contributed by atoms with van der Waals surface area (Å²) >= 11 is 1.90. The molecule has 2 heterocycles. The first-order chi connectivity index (χ1) is 10.3. The molecule has 0 radical (unpaired) electrons. The van der Waals surface area contributed by atoms with Crippen molar-refractivity contribution < 1.29 is 0 Å². The smallest absolute Gasteiger partial charge is 0.0374 e. The summed E-state index contributed by atoms with van der Waals surface area (Å²) in [6.45, 7) is 3.69. The number of thiophene rings is 1. The first kappa shape index (κ1) is 15.0. The average molecular weight is 302 g/mol. The SMILES string of the molecule is CN(C)CCC(c1csc2ccccc12)N1CCCCC1. The van der Waals surface area contributed by atoms with Gasteiger partial charge in [-0.1, -0.05) is 24.6 Å². The monoisotopic (exact) mass is 302 g/mol. The molecule has 0 amide bonds. The van der Waals surface area contributed by atoms with Crippen molar-refractivity contribution in [1.82, 2.24) is 9.80 Å². The third kappa shape index (κ3) is 3.47. The van der Waals surface area contributed by atoms with Gasteiger partial charge in [-0.25, -0.2) is 0 Å². The van der Waals surface area contributed by atoms with E-state index in [9.17, 15) is 0 Å². The molecule has 1 aliphatic heterocycles. The lowest BCUT2D eigenvalue weighted by molar-refractivity contribution is 0.148. The zero-order valence-electron chi connectivity index (χ0n) is 13.2. The fraction of sp³-hybridized carbons (Fsp3) is 0.556. The summed E-state index contributed by atoms with van der Waals surface area (Å²) in [5.74, 6) is 0. The summed E-state index contributed by atoms with van der Waals surface area (Å²) < 4.78 is 1.43. The highest BCUT2D eigenvalue weighted by Crippen LogP contribution is 2.36. The van der Waals surface area contributed by atoms with Gasteiger partial charge in [0.1, 0.15) is 0 Å². The summed E-state index contributed by atoms with van der Waals surface area (Å²) in [7, 11) is 4.36. The van der Waals surface area contributed by atoms with Crippen LogP contribution in [0.1, 0.15) is 37.3 Å². The van der Waals surface area contributed by atoms with Crippen molar-refractivity contribution in [3.63, 3.8) is 0 Å². The Hall–Kier alpha value is -0.900. The predicted molar refractivity (Wildman–Crippen MR) is 93.2 cm³/mol. The van der Waals surface area contributed by atoms with Gasteiger partial charge in [-0.3, -0.25) is 4.90 Å². The van der Waals surface area contributed by atoms with Crippen molar-refractivity contribution in [1.29, 1.82) is 0 Å². The molecule has 0 N–H and O–H groups in total. The largest absolute Gasteiger partial charge is 0.309 e. The Balaban J connectivity index is 1.89. The van der Waals surface area contributed by atoms with Crippen molar-refractivity contribution in [2.45, 2.75) is 31.7 Å². The molecule has 0 spiro atoms. The van der Waals surface area contributed by atoms with Gasteiger partial charge in [-0.2, -0.15) is 0 Å². The lowest BCUT2D eigenvalue weighted by Gasteiger charge is -2.35. The van der Waals surface area contributed by atoms with E-state index in [0.29, 0.717) is 6.04 Å². The van der Waals surface area contributed by atoms with Gasteiger partial charge in [-0.15, -0.1) is 11.3 Å². The maximum Gasteiger partial charge on any atom is 0.0374 e. The molecule has 1 aromatic heterocycles. The number of benzene rings is 1. The fourth-order valence-electron chi connectivity index (χ4n) is 3.40. The molecular formula is C18H26N2S. The molecule has 1 atom stereocenters. The van der Waals surface area contributed by atoms with E-state index in [0.717, 1.165) is 6.54 Å². The van der Waals surface area contributed by atoms with Gasteiger partial charge in [0, 0.05) is 10.7 Å². The van der Waals surface area contributed by atoms with Gasteiger partial charge < -0.3 is 4.90 Å². The van der Waals surface area contributed by atoms with Crippen LogP contribution in [0.4, 0.5) is 0 Å². The van der Waals surface area contributed by atoms with E-state index in [2.05, 4.69) is 53.5 Å². The average Bonchev–Trinajstić information content (AvgIpc) is 2.93. The molecule has 1 saturated heterocycles. The van der Waals surface area contributed by atoms with Crippen molar-refractivity contribution in [2.24, 2.45) is 0 Å². The van der Waals surface area contributed by atoms with Crippen LogP contribution >= 0.6 is 11.3 Å². The van der Waals surface area contributed by atoms with Gasteiger partial charge >= 0.3 is 0 Å². The number of nitrogens with zero attached hydrogens (tertiary/aromatic N) is 2. The van der Waals surface area contributed by atoms with E-state index in [1.54, 1.807) is 5.56 Å². The summed E-state index contributed by atoms with van der Waals surface area (Å²) in [6, 6.07) is 9.47. The van der Waals surface area contributed by atoms with E-state index in [1.807, 2.05) is 11.3 Å². The van der Waals surface area contributed by atoms with E-state index in [-0.39, 0.29) is 0 Å². The molecule has 2 aromatic rings. The van der Waals surface area contributed by atoms with E-state index in [1.165, 1.54) is 48.9 Å². The number of hydrogen-bond donors (Lipinski definition) is 0. The van der Waals surface area contributed by atoms with Gasteiger partial charge in [-0.05, 0) is 75.4 Å². The molecule has 1 aromatic carbocycles. The van der Waals surface area contributed by atoms with Crippen molar-refractivity contribution in [2.75, 3.05) is 33.7 Å². The summed E-state index contributed by atoms with van der Waals surface area (Å²) in [5, 5.41) is 3.87. The van der Waals surface area contributed by atoms with E-state index >= 15 is 0 Å². The predicted octanol–water partition coefficient (Wildman–Crippen LogP) is 4.38. The van der Waals surface area contributed by atoms with Gasteiger partial charge in [0.15, 0.2) is 0 Å². The summed E-state index contributed by atoms with van der Waals surface area (Å²) in [5.41, 5.74) is 1.55. The zero-order valence-corrected chi connectivity index (χ0v) is 14.0. The van der Waals surface area contributed by atoms with Crippen molar-refractivity contribution >= 4 is 21.4 Å². The third-order valence-corrected chi connectivity index (χ3v) is 5.53. The lowest BCUT2D eigenvalue weighted by Crippen LogP contribution is -2.35. The second-order valence-corrected chi connectivity index (χ2v) is 7.30. The number of piperidine rings is 1. The van der Waals surface area contributed by atoms with Crippen molar-refractivity contribution in [3.05, 3.63) is 35.2 Å². The molecule has 0 bridgehead atoms. The van der Waals surface area contributed by atoms with Crippen LogP contribution in [0.2, 0.25) is 0 Å². The summed E-state index contributed by atoms with van der Waals surface area (Å²) in [6.07, 6.45) is 5.36. The van der Waals surface area contributed by atoms with Gasteiger partial charge in [0.2, 0.25) is 0 Å². The molecule has 1 fully saturated rings. The molecule has 1 unspecified atom stereocenters. The van der Waals surface area contributed by atoms with Gasteiger partial charge in [0.05, 0.1) is 0 Å². The summed E-state index contributed by atoms with van der Waals surface area (Å²) in [4.78, 5) is 5.03.